The van der Waals surface area contributed by atoms with Gasteiger partial charge in [-0.2, -0.15) is 0 Å². The summed E-state index contributed by atoms with van der Waals surface area (Å²) in [5.74, 6) is 0.376. The number of rotatable bonds is 5. The van der Waals surface area contributed by atoms with Gasteiger partial charge in [-0.25, -0.2) is 4.79 Å². The van der Waals surface area contributed by atoms with Crippen molar-refractivity contribution in [2.24, 2.45) is 5.92 Å². The SMILES string of the molecule is CC(CO)(NC(=O)Nc1cccc(-c2cccs2)c1)C1CC1. The number of aliphatic hydroxyl groups is 1. The first-order chi connectivity index (χ1) is 10.6. The van der Waals surface area contributed by atoms with Crippen LogP contribution in [0.2, 0.25) is 0 Å². The molecule has 1 aliphatic rings. The highest BCUT2D eigenvalue weighted by Crippen LogP contribution is 2.39. The van der Waals surface area contributed by atoms with Crippen LogP contribution in [0.5, 0.6) is 0 Å². The van der Waals surface area contributed by atoms with Crippen LogP contribution >= 0.6 is 11.3 Å². The van der Waals surface area contributed by atoms with Crippen LogP contribution in [0.4, 0.5) is 10.5 Å². The van der Waals surface area contributed by atoms with E-state index in [2.05, 4.69) is 16.7 Å². The lowest BCUT2D eigenvalue weighted by atomic mass is 9.97. The van der Waals surface area contributed by atoms with Crippen LogP contribution in [0.15, 0.2) is 41.8 Å². The van der Waals surface area contributed by atoms with Crippen LogP contribution in [0.3, 0.4) is 0 Å². The summed E-state index contributed by atoms with van der Waals surface area (Å²) >= 11 is 1.67. The Bertz CT molecular complexity index is 652. The maximum absolute atomic E-state index is 12.2. The molecule has 0 aliphatic heterocycles. The second kappa shape index (κ2) is 6.10. The van der Waals surface area contributed by atoms with Crippen molar-refractivity contribution in [3.8, 4) is 10.4 Å². The maximum atomic E-state index is 12.2. The summed E-state index contributed by atoms with van der Waals surface area (Å²) in [6.07, 6.45) is 2.12. The standard InChI is InChI=1S/C17H20N2O2S/c1-17(11-20,13-7-8-13)19-16(21)18-14-5-2-4-12(10-14)15-6-3-9-22-15/h2-6,9-10,13,20H,7-8,11H2,1H3,(H2,18,19,21). The zero-order valence-electron chi connectivity index (χ0n) is 12.5. The summed E-state index contributed by atoms with van der Waals surface area (Å²) in [6.45, 7) is 1.85. The first-order valence-corrected chi connectivity index (χ1v) is 8.33. The van der Waals surface area contributed by atoms with Crippen molar-refractivity contribution in [1.29, 1.82) is 0 Å². The van der Waals surface area contributed by atoms with Gasteiger partial charge in [0, 0.05) is 10.6 Å². The van der Waals surface area contributed by atoms with Gasteiger partial charge in [0.1, 0.15) is 0 Å². The predicted octanol–water partition coefficient (Wildman–Crippen LogP) is 3.70. The molecule has 116 valence electrons. The van der Waals surface area contributed by atoms with E-state index in [0.29, 0.717) is 5.92 Å². The Hall–Kier alpha value is -1.85. The largest absolute Gasteiger partial charge is 0.394 e. The summed E-state index contributed by atoms with van der Waals surface area (Å²) in [5, 5.41) is 17.3. The summed E-state index contributed by atoms with van der Waals surface area (Å²) in [6, 6.07) is 11.6. The molecule has 1 saturated carbocycles. The van der Waals surface area contributed by atoms with Gasteiger partial charge in [0.2, 0.25) is 0 Å². The molecule has 3 rings (SSSR count). The Kier molecular flexibility index (Phi) is 4.18. The minimum absolute atomic E-state index is 0.0413. The van der Waals surface area contributed by atoms with Gasteiger partial charge in [0.25, 0.3) is 0 Å². The molecule has 1 aliphatic carbocycles. The highest BCUT2D eigenvalue weighted by atomic mass is 32.1. The van der Waals surface area contributed by atoms with E-state index in [4.69, 9.17) is 0 Å². The van der Waals surface area contributed by atoms with E-state index in [1.54, 1.807) is 11.3 Å². The van der Waals surface area contributed by atoms with E-state index in [1.165, 1.54) is 4.88 Å². The third-order valence-corrected chi connectivity index (χ3v) is 5.05. The van der Waals surface area contributed by atoms with Crippen LogP contribution in [-0.2, 0) is 0 Å². The first-order valence-electron chi connectivity index (χ1n) is 7.45. The Morgan fingerprint density at radius 1 is 1.36 bits per heavy atom. The number of carbonyl (C=O) groups excluding carboxylic acids is 1. The van der Waals surface area contributed by atoms with E-state index in [1.807, 2.05) is 42.6 Å². The van der Waals surface area contributed by atoms with Gasteiger partial charge in [0.05, 0.1) is 12.1 Å². The van der Waals surface area contributed by atoms with Gasteiger partial charge in [-0.15, -0.1) is 11.3 Å². The molecule has 1 fully saturated rings. The fourth-order valence-electron chi connectivity index (χ4n) is 2.61. The minimum Gasteiger partial charge on any atom is -0.394 e. The van der Waals surface area contributed by atoms with Gasteiger partial charge in [-0.05, 0) is 54.8 Å². The van der Waals surface area contributed by atoms with E-state index in [-0.39, 0.29) is 12.6 Å². The number of hydrogen-bond donors (Lipinski definition) is 3. The van der Waals surface area contributed by atoms with Gasteiger partial charge in [-0.1, -0.05) is 18.2 Å². The van der Waals surface area contributed by atoms with E-state index in [9.17, 15) is 9.90 Å². The molecule has 2 amide bonds. The lowest BCUT2D eigenvalue weighted by Gasteiger charge is -2.28. The second-order valence-electron chi connectivity index (χ2n) is 5.99. The Morgan fingerprint density at radius 2 is 2.18 bits per heavy atom. The molecule has 5 heteroatoms. The molecule has 22 heavy (non-hydrogen) atoms. The Balaban J connectivity index is 1.68. The van der Waals surface area contributed by atoms with Crippen molar-refractivity contribution in [2.75, 3.05) is 11.9 Å². The maximum Gasteiger partial charge on any atom is 0.319 e. The van der Waals surface area contributed by atoms with Gasteiger partial charge >= 0.3 is 6.03 Å². The molecule has 0 radical (unpaired) electrons. The number of thiophene rings is 1. The van der Waals surface area contributed by atoms with Crippen LogP contribution in [-0.4, -0.2) is 23.3 Å². The van der Waals surface area contributed by atoms with Crippen molar-refractivity contribution in [3.05, 3.63) is 41.8 Å². The number of anilines is 1. The first kappa shape index (κ1) is 15.1. The Labute approximate surface area is 134 Å². The number of amides is 2. The van der Waals surface area contributed by atoms with E-state index < -0.39 is 5.54 Å². The predicted molar refractivity (Wildman–Crippen MR) is 90.1 cm³/mol. The zero-order chi connectivity index (χ0) is 15.6. The molecule has 2 aromatic rings. The number of hydrogen-bond acceptors (Lipinski definition) is 3. The van der Waals surface area contributed by atoms with Crippen LogP contribution in [0.25, 0.3) is 10.4 Å². The molecule has 0 bridgehead atoms. The third kappa shape index (κ3) is 3.31. The third-order valence-electron chi connectivity index (χ3n) is 4.13. The van der Waals surface area contributed by atoms with E-state index >= 15 is 0 Å². The van der Waals surface area contributed by atoms with Crippen molar-refractivity contribution in [3.63, 3.8) is 0 Å². The molecule has 4 nitrogen and oxygen atoms in total. The summed E-state index contributed by atoms with van der Waals surface area (Å²) < 4.78 is 0. The zero-order valence-corrected chi connectivity index (χ0v) is 13.3. The monoisotopic (exact) mass is 316 g/mol. The fraction of sp³-hybridized carbons (Fsp3) is 0.353. The molecule has 0 saturated heterocycles. The van der Waals surface area contributed by atoms with Crippen molar-refractivity contribution >= 4 is 23.1 Å². The van der Waals surface area contributed by atoms with Gasteiger partial charge < -0.3 is 15.7 Å². The lowest BCUT2D eigenvalue weighted by Crippen LogP contribution is -2.52. The molecule has 3 N–H and O–H groups in total. The average Bonchev–Trinajstić information content (AvgIpc) is 3.23. The average molecular weight is 316 g/mol. The topological polar surface area (TPSA) is 61.4 Å². The molecule has 1 atom stereocenters. The quantitative estimate of drug-likeness (QED) is 0.787. The highest BCUT2D eigenvalue weighted by Gasteiger charge is 2.42. The Morgan fingerprint density at radius 3 is 2.82 bits per heavy atom. The summed E-state index contributed by atoms with van der Waals surface area (Å²) in [7, 11) is 0. The van der Waals surface area contributed by atoms with Crippen LogP contribution in [0.1, 0.15) is 19.8 Å². The second-order valence-corrected chi connectivity index (χ2v) is 6.93. The van der Waals surface area contributed by atoms with Crippen molar-refractivity contribution in [2.45, 2.75) is 25.3 Å². The smallest absolute Gasteiger partial charge is 0.319 e. The number of aliphatic hydroxyl groups excluding tert-OH is 1. The van der Waals surface area contributed by atoms with Gasteiger partial charge in [-0.3, -0.25) is 0 Å². The normalized spacial score (nSPS) is 16.8. The number of benzene rings is 1. The minimum atomic E-state index is -0.532. The molecule has 1 aromatic carbocycles. The molecule has 1 unspecified atom stereocenters. The van der Waals surface area contributed by atoms with Crippen molar-refractivity contribution < 1.29 is 9.90 Å². The molecule has 1 heterocycles. The lowest BCUT2D eigenvalue weighted by molar-refractivity contribution is 0.159. The van der Waals surface area contributed by atoms with Crippen molar-refractivity contribution in [1.82, 2.24) is 5.32 Å². The highest BCUT2D eigenvalue weighted by molar-refractivity contribution is 7.13. The van der Waals surface area contributed by atoms with E-state index in [0.717, 1.165) is 24.1 Å². The number of urea groups is 1. The van der Waals surface area contributed by atoms with Crippen LogP contribution < -0.4 is 10.6 Å². The van der Waals surface area contributed by atoms with Gasteiger partial charge in [0.15, 0.2) is 0 Å². The molecular weight excluding hydrogens is 296 g/mol. The molecule has 0 spiro atoms. The number of nitrogens with one attached hydrogen (secondary N) is 2. The fourth-order valence-corrected chi connectivity index (χ4v) is 3.33. The van der Waals surface area contributed by atoms with Crippen LogP contribution in [0, 0.1) is 5.92 Å². The summed E-state index contributed by atoms with van der Waals surface area (Å²) in [4.78, 5) is 13.4. The molecule has 1 aromatic heterocycles. The number of carbonyl (C=O) groups is 1. The summed E-state index contributed by atoms with van der Waals surface area (Å²) in [5.41, 5.74) is 1.30. The molecular formula is C17H20N2O2S.